The van der Waals surface area contributed by atoms with Gasteiger partial charge in [-0.3, -0.25) is 19.5 Å². The Labute approximate surface area is 283 Å². The number of nitrogens with zero attached hydrogens (tertiary/aromatic N) is 5. The van der Waals surface area contributed by atoms with Gasteiger partial charge in [0.2, 0.25) is 5.91 Å². The molecule has 3 amide bonds. The molecule has 1 aromatic carbocycles. The van der Waals surface area contributed by atoms with Crippen LogP contribution in [0.2, 0.25) is 5.02 Å². The Morgan fingerprint density at radius 1 is 1.06 bits per heavy atom. The zero-order chi connectivity index (χ0) is 34.9. The number of nitrogens with one attached hydrogen (secondary N) is 4. The third-order valence-electron chi connectivity index (χ3n) is 8.76. The molecular formula is C32H34ClF3N10O3. The number of benzene rings is 1. The molecule has 4 aromatic rings. The molecule has 0 radical (unpaired) electrons. The topological polar surface area (TPSA) is 178 Å². The van der Waals surface area contributed by atoms with E-state index in [0.29, 0.717) is 48.6 Å². The zero-order valence-corrected chi connectivity index (χ0v) is 27.2. The number of piperazine rings is 1. The van der Waals surface area contributed by atoms with Crippen LogP contribution in [0.5, 0.6) is 0 Å². The van der Waals surface area contributed by atoms with Crippen molar-refractivity contribution in [1.29, 1.82) is 0 Å². The zero-order valence-electron chi connectivity index (χ0n) is 26.5. The fourth-order valence-electron chi connectivity index (χ4n) is 6.13. The predicted octanol–water partition coefficient (Wildman–Crippen LogP) is 3.64. The van der Waals surface area contributed by atoms with Crippen LogP contribution in [-0.2, 0) is 17.5 Å². The summed E-state index contributed by atoms with van der Waals surface area (Å²) in [6.07, 6.45) is -2.02. The third kappa shape index (κ3) is 7.24. The summed E-state index contributed by atoms with van der Waals surface area (Å²) in [5.41, 5.74) is 5.72. The van der Waals surface area contributed by atoms with E-state index in [0.717, 1.165) is 32.1 Å². The average molecular weight is 699 g/mol. The minimum atomic E-state index is -4.78. The smallest absolute Gasteiger partial charge is 0.384 e. The quantitative estimate of drug-likeness (QED) is 0.194. The molecule has 2 saturated heterocycles. The summed E-state index contributed by atoms with van der Waals surface area (Å²) in [7, 11) is 0. The van der Waals surface area contributed by atoms with E-state index in [4.69, 9.17) is 17.3 Å². The molecule has 0 bridgehead atoms. The van der Waals surface area contributed by atoms with Crippen LogP contribution in [0.4, 0.5) is 19.0 Å². The number of halogens is 4. The highest BCUT2D eigenvalue weighted by molar-refractivity contribution is 6.33. The number of carbonyl (C=O) groups excluding carboxylic acids is 3. The Hall–Kier alpha value is -4.96. The Morgan fingerprint density at radius 2 is 1.78 bits per heavy atom. The molecule has 0 spiro atoms. The number of aryl methyl sites for hydroxylation is 1. The number of nitrogens with two attached hydrogens (primary N) is 1. The lowest BCUT2D eigenvalue weighted by atomic mass is 9.96. The van der Waals surface area contributed by atoms with Crippen molar-refractivity contribution < 1.29 is 27.6 Å². The number of carbonyl (C=O) groups is 3. The summed E-state index contributed by atoms with van der Waals surface area (Å²) in [5.74, 6) is -0.782. The van der Waals surface area contributed by atoms with E-state index in [1.54, 1.807) is 30.0 Å². The number of alkyl halides is 3. The van der Waals surface area contributed by atoms with Crippen LogP contribution >= 0.6 is 11.6 Å². The molecule has 5 heterocycles. The number of aromatic amines is 2. The predicted molar refractivity (Wildman–Crippen MR) is 174 cm³/mol. The second-order valence-electron chi connectivity index (χ2n) is 12.0. The molecular weight excluding hydrogens is 665 g/mol. The van der Waals surface area contributed by atoms with E-state index in [9.17, 15) is 27.6 Å². The molecule has 2 fully saturated rings. The number of anilines is 1. The van der Waals surface area contributed by atoms with Crippen LogP contribution < -0.4 is 16.4 Å². The van der Waals surface area contributed by atoms with Crippen LogP contribution in [0.1, 0.15) is 50.8 Å². The molecule has 13 nitrogen and oxygen atoms in total. The molecule has 6 rings (SSSR count). The molecule has 258 valence electrons. The van der Waals surface area contributed by atoms with Crippen molar-refractivity contribution in [2.75, 3.05) is 45.0 Å². The van der Waals surface area contributed by atoms with Crippen molar-refractivity contribution in [3.05, 3.63) is 69.9 Å². The van der Waals surface area contributed by atoms with Crippen molar-refractivity contribution in [3.63, 3.8) is 0 Å². The molecule has 0 atom stereocenters. The maximum atomic E-state index is 14.0. The maximum Gasteiger partial charge on any atom is 0.433 e. The van der Waals surface area contributed by atoms with Gasteiger partial charge in [-0.15, -0.1) is 0 Å². The first-order valence-electron chi connectivity index (χ1n) is 15.7. The summed E-state index contributed by atoms with van der Waals surface area (Å²) in [6.45, 7) is 4.98. The molecule has 0 unspecified atom stereocenters. The number of rotatable bonds is 7. The molecule has 2 aliphatic heterocycles. The number of hydrogen-bond acceptors (Lipinski definition) is 8. The third-order valence-corrected chi connectivity index (χ3v) is 9.07. The Bertz CT molecular complexity index is 1880. The van der Waals surface area contributed by atoms with Gasteiger partial charge in [0.05, 0.1) is 28.0 Å². The number of imidazole rings is 1. The van der Waals surface area contributed by atoms with Crippen molar-refractivity contribution in [1.82, 2.24) is 45.6 Å². The van der Waals surface area contributed by atoms with Crippen LogP contribution in [-0.4, -0.2) is 91.9 Å². The van der Waals surface area contributed by atoms with E-state index in [-0.39, 0.29) is 57.9 Å². The number of piperidine rings is 1. The first-order chi connectivity index (χ1) is 23.4. The van der Waals surface area contributed by atoms with Gasteiger partial charge in [0.25, 0.3) is 11.8 Å². The fraction of sp³-hybridized carbons (Fsp3) is 0.375. The van der Waals surface area contributed by atoms with Gasteiger partial charge in [-0.2, -0.15) is 18.3 Å². The summed E-state index contributed by atoms with van der Waals surface area (Å²) < 4.78 is 41.9. The Morgan fingerprint density at radius 3 is 2.45 bits per heavy atom. The molecule has 49 heavy (non-hydrogen) atoms. The SMILES string of the molecule is Cc1nc(N)ccc1-c1n[nH]c(C(F)(F)F)c1-c1cnc(C(=O)NCc2ccc(C(=O)N3CCN(C(=O)C4CCNCC4)CC3)c(Cl)c2)[nH]1. The molecule has 3 aromatic heterocycles. The van der Waals surface area contributed by atoms with Crippen molar-refractivity contribution in [2.24, 2.45) is 5.92 Å². The number of hydrogen-bond donors (Lipinski definition) is 5. The van der Waals surface area contributed by atoms with Gasteiger partial charge in [-0.25, -0.2) is 9.97 Å². The van der Waals surface area contributed by atoms with Gasteiger partial charge >= 0.3 is 6.18 Å². The minimum Gasteiger partial charge on any atom is -0.384 e. The Balaban J connectivity index is 1.09. The lowest BCUT2D eigenvalue weighted by molar-refractivity contribution is -0.140. The van der Waals surface area contributed by atoms with Gasteiger partial charge in [0.15, 0.2) is 5.82 Å². The Kier molecular flexibility index (Phi) is 9.61. The average Bonchev–Trinajstić information content (AvgIpc) is 3.75. The van der Waals surface area contributed by atoms with Gasteiger partial charge < -0.3 is 31.2 Å². The molecule has 2 aliphatic rings. The van der Waals surface area contributed by atoms with Crippen molar-refractivity contribution in [2.45, 2.75) is 32.5 Å². The van der Waals surface area contributed by atoms with Gasteiger partial charge in [0, 0.05) is 49.9 Å². The highest BCUT2D eigenvalue weighted by Crippen LogP contribution is 2.41. The van der Waals surface area contributed by atoms with E-state index in [2.05, 4.69) is 35.8 Å². The largest absolute Gasteiger partial charge is 0.433 e. The van der Waals surface area contributed by atoms with Gasteiger partial charge in [-0.05, 0) is 62.7 Å². The van der Waals surface area contributed by atoms with Crippen LogP contribution in [0.15, 0.2) is 36.5 Å². The van der Waals surface area contributed by atoms with E-state index in [1.807, 2.05) is 4.90 Å². The molecule has 6 N–H and O–H groups in total. The van der Waals surface area contributed by atoms with E-state index in [1.165, 1.54) is 12.1 Å². The number of aromatic nitrogens is 5. The normalized spacial score (nSPS) is 15.8. The lowest BCUT2D eigenvalue weighted by Gasteiger charge is -2.37. The van der Waals surface area contributed by atoms with Crippen LogP contribution in [0.3, 0.4) is 0 Å². The second kappa shape index (κ2) is 13.9. The first kappa shape index (κ1) is 33.9. The van der Waals surface area contributed by atoms with E-state index >= 15 is 0 Å². The monoisotopic (exact) mass is 698 g/mol. The number of H-pyrrole nitrogens is 2. The lowest BCUT2D eigenvalue weighted by Crippen LogP contribution is -2.52. The summed E-state index contributed by atoms with van der Waals surface area (Å²) in [6, 6.07) is 7.77. The standard InChI is InChI=1S/C32H34ClF3N10O3/c1-17-20(4-5-24(37)41-17)26-25(27(44-43-26)32(34,35)36)23-16-39-28(42-23)29(47)40-15-18-2-3-21(22(33)14-18)31(49)46-12-10-45(11-13-46)30(48)19-6-8-38-9-7-19/h2-5,14,16,19,38H,6-13,15H2,1H3,(H2,37,41)(H,39,42)(H,40,47)(H,43,44). The molecule has 0 aliphatic carbocycles. The van der Waals surface area contributed by atoms with Crippen molar-refractivity contribution in [3.8, 4) is 22.5 Å². The summed E-state index contributed by atoms with van der Waals surface area (Å²) in [5, 5.41) is 12.1. The number of nitrogen functional groups attached to an aromatic ring is 1. The highest BCUT2D eigenvalue weighted by Gasteiger charge is 2.39. The van der Waals surface area contributed by atoms with Crippen molar-refractivity contribution >= 4 is 35.1 Å². The number of pyridine rings is 1. The summed E-state index contributed by atoms with van der Waals surface area (Å²) in [4.78, 5) is 53.4. The van der Waals surface area contributed by atoms with Gasteiger partial charge in [-0.1, -0.05) is 17.7 Å². The van der Waals surface area contributed by atoms with Crippen LogP contribution in [0.25, 0.3) is 22.5 Å². The minimum absolute atomic E-state index is 0.00158. The molecule has 0 saturated carbocycles. The highest BCUT2D eigenvalue weighted by atomic mass is 35.5. The summed E-state index contributed by atoms with van der Waals surface area (Å²) >= 11 is 6.49. The van der Waals surface area contributed by atoms with E-state index < -0.39 is 17.8 Å². The number of amides is 3. The second-order valence-corrected chi connectivity index (χ2v) is 12.4. The fourth-order valence-corrected chi connectivity index (χ4v) is 6.42. The molecule has 17 heteroatoms. The maximum absolute atomic E-state index is 14.0. The van der Waals surface area contributed by atoms with Crippen LogP contribution in [0, 0.1) is 12.8 Å². The van der Waals surface area contributed by atoms with Gasteiger partial charge in [0.1, 0.15) is 17.2 Å². The first-order valence-corrected chi connectivity index (χ1v) is 16.1.